The third-order valence-electron chi connectivity index (χ3n) is 3.74. The van der Waals surface area contributed by atoms with E-state index >= 15 is 0 Å². The van der Waals surface area contributed by atoms with Crippen LogP contribution in [0.4, 0.5) is 10.5 Å². The zero-order chi connectivity index (χ0) is 18.2. The Hall–Kier alpha value is -3.28. The summed E-state index contributed by atoms with van der Waals surface area (Å²) < 4.78 is 7.40. The minimum atomic E-state index is -0.238. The second kappa shape index (κ2) is 8.71. The van der Waals surface area contributed by atoms with Crippen LogP contribution in [0.15, 0.2) is 67.0 Å². The molecule has 0 aliphatic carbocycles. The van der Waals surface area contributed by atoms with Crippen LogP contribution in [0.2, 0.25) is 0 Å². The third kappa shape index (κ3) is 5.11. The molecule has 2 amide bonds. The van der Waals surface area contributed by atoms with Crippen LogP contribution in [-0.2, 0) is 0 Å². The van der Waals surface area contributed by atoms with Gasteiger partial charge in [-0.05, 0) is 55.3 Å². The summed E-state index contributed by atoms with van der Waals surface area (Å²) in [5, 5.41) is 9.84. The van der Waals surface area contributed by atoms with Gasteiger partial charge in [0.25, 0.3) is 0 Å². The number of benzene rings is 2. The van der Waals surface area contributed by atoms with E-state index in [4.69, 9.17) is 4.74 Å². The summed E-state index contributed by atoms with van der Waals surface area (Å²) in [6, 6.07) is 17.0. The van der Waals surface area contributed by atoms with Crippen molar-refractivity contribution >= 4 is 11.7 Å². The lowest BCUT2D eigenvalue weighted by Gasteiger charge is -2.10. The number of carbonyl (C=O) groups excluding carboxylic acids is 1. The Kier molecular flexibility index (Phi) is 5.88. The van der Waals surface area contributed by atoms with Crippen molar-refractivity contribution in [3.63, 3.8) is 0 Å². The predicted octanol–water partition coefficient (Wildman–Crippen LogP) is 3.77. The van der Waals surface area contributed by atoms with Gasteiger partial charge >= 0.3 is 6.03 Å². The van der Waals surface area contributed by atoms with Gasteiger partial charge in [0, 0.05) is 24.6 Å². The number of anilines is 1. The fraction of sp³-hybridized carbons (Fsp3) is 0.200. The normalized spacial score (nSPS) is 10.3. The maximum atomic E-state index is 12.0. The Morgan fingerprint density at radius 3 is 2.85 bits per heavy atom. The molecule has 0 saturated carbocycles. The summed E-state index contributed by atoms with van der Waals surface area (Å²) in [5.41, 5.74) is 2.77. The van der Waals surface area contributed by atoms with Gasteiger partial charge in [0.05, 0.1) is 12.3 Å². The minimum absolute atomic E-state index is 0.238. The number of urea groups is 1. The summed E-state index contributed by atoms with van der Waals surface area (Å²) >= 11 is 0. The molecule has 2 aromatic carbocycles. The molecule has 0 saturated heterocycles. The number of ether oxygens (including phenoxy) is 1. The third-order valence-corrected chi connectivity index (χ3v) is 3.74. The Bertz CT molecular complexity index is 847. The van der Waals surface area contributed by atoms with Crippen LogP contribution in [0.1, 0.15) is 12.0 Å². The Balaban J connectivity index is 1.40. The van der Waals surface area contributed by atoms with Crippen molar-refractivity contribution in [2.45, 2.75) is 13.3 Å². The number of hydrogen-bond acceptors (Lipinski definition) is 3. The molecule has 1 aromatic heterocycles. The van der Waals surface area contributed by atoms with Gasteiger partial charge in [-0.3, -0.25) is 0 Å². The van der Waals surface area contributed by atoms with Gasteiger partial charge in [-0.25, -0.2) is 9.48 Å². The fourth-order valence-electron chi connectivity index (χ4n) is 2.49. The molecule has 0 unspecified atom stereocenters. The molecule has 26 heavy (non-hydrogen) atoms. The van der Waals surface area contributed by atoms with E-state index in [-0.39, 0.29) is 6.03 Å². The van der Waals surface area contributed by atoms with Gasteiger partial charge in [-0.1, -0.05) is 18.2 Å². The van der Waals surface area contributed by atoms with Crippen molar-refractivity contribution in [3.8, 4) is 11.4 Å². The molecule has 1 heterocycles. The molecule has 0 atom stereocenters. The van der Waals surface area contributed by atoms with Crippen molar-refractivity contribution in [3.05, 3.63) is 72.6 Å². The number of nitrogens with zero attached hydrogens (tertiary/aromatic N) is 2. The largest absolute Gasteiger partial charge is 0.494 e. The highest BCUT2D eigenvalue weighted by Gasteiger charge is 2.03. The maximum absolute atomic E-state index is 12.0. The van der Waals surface area contributed by atoms with Crippen molar-refractivity contribution in [1.29, 1.82) is 0 Å². The van der Waals surface area contributed by atoms with Crippen LogP contribution in [0.25, 0.3) is 5.69 Å². The molecule has 0 bridgehead atoms. The minimum Gasteiger partial charge on any atom is -0.494 e. The second-order valence-corrected chi connectivity index (χ2v) is 5.90. The molecule has 0 radical (unpaired) electrons. The van der Waals surface area contributed by atoms with Crippen molar-refractivity contribution in [2.24, 2.45) is 0 Å². The zero-order valence-electron chi connectivity index (χ0n) is 14.7. The topological polar surface area (TPSA) is 68.2 Å². The predicted molar refractivity (Wildman–Crippen MR) is 102 cm³/mol. The van der Waals surface area contributed by atoms with E-state index in [1.54, 1.807) is 10.9 Å². The molecule has 0 fully saturated rings. The maximum Gasteiger partial charge on any atom is 0.319 e. The highest BCUT2D eigenvalue weighted by atomic mass is 16.5. The standard InChI is InChI=1S/C20H22N4O2/c1-16-6-2-9-19(14-16)26-13-5-10-21-20(25)23-17-7-3-8-18(15-17)24-12-4-11-22-24/h2-4,6-9,11-12,14-15H,5,10,13H2,1H3,(H2,21,23,25). The van der Waals surface area contributed by atoms with E-state index in [0.717, 1.165) is 23.4 Å². The van der Waals surface area contributed by atoms with Crippen molar-refractivity contribution in [1.82, 2.24) is 15.1 Å². The molecule has 6 heteroatoms. The molecule has 134 valence electrons. The lowest BCUT2D eigenvalue weighted by molar-refractivity contribution is 0.250. The first-order valence-electron chi connectivity index (χ1n) is 8.55. The van der Waals surface area contributed by atoms with E-state index in [0.29, 0.717) is 18.8 Å². The first-order valence-corrected chi connectivity index (χ1v) is 8.55. The van der Waals surface area contributed by atoms with E-state index < -0.39 is 0 Å². The molecule has 3 rings (SSSR count). The quantitative estimate of drug-likeness (QED) is 0.637. The van der Waals surface area contributed by atoms with Gasteiger partial charge in [0.15, 0.2) is 0 Å². The highest BCUT2D eigenvalue weighted by Crippen LogP contribution is 2.14. The monoisotopic (exact) mass is 350 g/mol. The van der Waals surface area contributed by atoms with Crippen LogP contribution in [0.5, 0.6) is 5.75 Å². The first-order chi connectivity index (χ1) is 12.7. The SMILES string of the molecule is Cc1cccc(OCCCNC(=O)Nc2cccc(-n3cccn3)c2)c1. The highest BCUT2D eigenvalue weighted by molar-refractivity contribution is 5.89. The number of carbonyl (C=O) groups is 1. The van der Waals surface area contributed by atoms with Crippen LogP contribution in [0.3, 0.4) is 0 Å². The van der Waals surface area contributed by atoms with Gasteiger partial charge in [0.2, 0.25) is 0 Å². The van der Waals surface area contributed by atoms with Crippen molar-refractivity contribution < 1.29 is 9.53 Å². The number of aryl methyl sites for hydroxylation is 1. The van der Waals surface area contributed by atoms with Gasteiger partial charge in [-0.15, -0.1) is 0 Å². The fourth-order valence-corrected chi connectivity index (χ4v) is 2.49. The lowest BCUT2D eigenvalue weighted by atomic mass is 10.2. The Labute approximate surface area is 152 Å². The first kappa shape index (κ1) is 17.5. The van der Waals surface area contributed by atoms with Crippen LogP contribution in [-0.4, -0.2) is 29.0 Å². The Morgan fingerprint density at radius 2 is 2.04 bits per heavy atom. The number of nitrogens with one attached hydrogen (secondary N) is 2. The average molecular weight is 350 g/mol. The molecular formula is C20H22N4O2. The second-order valence-electron chi connectivity index (χ2n) is 5.90. The summed E-state index contributed by atoms with van der Waals surface area (Å²) in [6.45, 7) is 3.12. The van der Waals surface area contributed by atoms with E-state index in [9.17, 15) is 4.79 Å². The van der Waals surface area contributed by atoms with E-state index in [1.165, 1.54) is 0 Å². The van der Waals surface area contributed by atoms with Gasteiger partial charge < -0.3 is 15.4 Å². The number of amides is 2. The smallest absolute Gasteiger partial charge is 0.319 e. The zero-order valence-corrected chi connectivity index (χ0v) is 14.7. The number of hydrogen-bond donors (Lipinski definition) is 2. The lowest BCUT2D eigenvalue weighted by Crippen LogP contribution is -2.30. The molecular weight excluding hydrogens is 328 g/mol. The Morgan fingerprint density at radius 1 is 1.15 bits per heavy atom. The summed E-state index contributed by atoms with van der Waals surface area (Å²) in [7, 11) is 0. The molecule has 6 nitrogen and oxygen atoms in total. The summed E-state index contributed by atoms with van der Waals surface area (Å²) in [6.07, 6.45) is 4.30. The molecule has 0 aliphatic heterocycles. The summed E-state index contributed by atoms with van der Waals surface area (Å²) in [5.74, 6) is 0.852. The van der Waals surface area contributed by atoms with E-state index in [2.05, 4.69) is 15.7 Å². The van der Waals surface area contributed by atoms with E-state index in [1.807, 2.05) is 67.7 Å². The number of aromatic nitrogens is 2. The van der Waals surface area contributed by atoms with Crippen LogP contribution >= 0.6 is 0 Å². The van der Waals surface area contributed by atoms with Gasteiger partial charge in [0.1, 0.15) is 5.75 Å². The molecule has 2 N–H and O–H groups in total. The average Bonchev–Trinajstić information content (AvgIpc) is 3.16. The van der Waals surface area contributed by atoms with Gasteiger partial charge in [-0.2, -0.15) is 5.10 Å². The number of rotatable bonds is 7. The van der Waals surface area contributed by atoms with Crippen LogP contribution < -0.4 is 15.4 Å². The van der Waals surface area contributed by atoms with Crippen LogP contribution in [0, 0.1) is 6.92 Å². The molecule has 3 aromatic rings. The molecule has 0 aliphatic rings. The van der Waals surface area contributed by atoms with Crippen molar-refractivity contribution in [2.75, 3.05) is 18.5 Å². The molecule has 0 spiro atoms. The summed E-state index contributed by atoms with van der Waals surface area (Å²) in [4.78, 5) is 12.0.